The number of nitrogens with one attached hydrogen (secondary N) is 1. The number of aryl methyl sites for hydroxylation is 1. The quantitative estimate of drug-likeness (QED) is 0.572. The van der Waals surface area contributed by atoms with E-state index in [4.69, 9.17) is 10.5 Å². The van der Waals surface area contributed by atoms with E-state index in [2.05, 4.69) is 5.32 Å². The number of nitrogens with two attached hydrogens (primary N) is 1. The van der Waals surface area contributed by atoms with Gasteiger partial charge in [-0.3, -0.25) is 4.79 Å². The minimum atomic E-state index is -0.159. The van der Waals surface area contributed by atoms with Crippen LogP contribution in [0.25, 0.3) is 0 Å². The van der Waals surface area contributed by atoms with Gasteiger partial charge >= 0.3 is 0 Å². The molecule has 0 saturated heterocycles. The Bertz CT molecular complexity index is 350. The van der Waals surface area contributed by atoms with Crippen molar-refractivity contribution in [1.29, 1.82) is 0 Å². The number of nitrogen functional groups attached to an aromatic ring is 1. The number of benzene rings is 1. The Morgan fingerprint density at radius 2 is 2.27 bits per heavy atom. The van der Waals surface area contributed by atoms with Gasteiger partial charge in [0, 0.05) is 19.3 Å². The minimum absolute atomic E-state index is 0.159. The molecular formula is C11H16N2O2. The molecule has 1 rings (SSSR count). The van der Waals surface area contributed by atoms with Crippen LogP contribution in [0.1, 0.15) is 15.9 Å². The molecule has 0 aliphatic carbocycles. The van der Waals surface area contributed by atoms with Crippen molar-refractivity contribution in [1.82, 2.24) is 5.32 Å². The highest BCUT2D eigenvalue weighted by molar-refractivity contribution is 5.99. The molecule has 1 aromatic rings. The summed E-state index contributed by atoms with van der Waals surface area (Å²) in [5.41, 5.74) is 7.73. The Hall–Kier alpha value is -1.55. The number of anilines is 1. The van der Waals surface area contributed by atoms with E-state index in [-0.39, 0.29) is 5.91 Å². The summed E-state index contributed by atoms with van der Waals surface area (Å²) in [5.74, 6) is -0.159. The number of ether oxygens (including phenoxy) is 1. The Morgan fingerprint density at radius 3 is 2.93 bits per heavy atom. The van der Waals surface area contributed by atoms with Crippen LogP contribution in [0.2, 0.25) is 0 Å². The molecule has 0 atom stereocenters. The van der Waals surface area contributed by atoms with Gasteiger partial charge in [0.25, 0.3) is 5.91 Å². The molecule has 0 heterocycles. The fourth-order valence-corrected chi connectivity index (χ4v) is 1.23. The summed E-state index contributed by atoms with van der Waals surface area (Å²) in [6.07, 6.45) is 0. The predicted molar refractivity (Wildman–Crippen MR) is 59.8 cm³/mol. The van der Waals surface area contributed by atoms with Gasteiger partial charge in [0.2, 0.25) is 0 Å². The second kappa shape index (κ2) is 5.36. The van der Waals surface area contributed by atoms with E-state index in [0.717, 1.165) is 5.56 Å². The van der Waals surface area contributed by atoms with E-state index < -0.39 is 0 Å². The lowest BCUT2D eigenvalue weighted by Gasteiger charge is -2.07. The van der Waals surface area contributed by atoms with Gasteiger partial charge in [-0.25, -0.2) is 0 Å². The molecule has 82 valence electrons. The van der Waals surface area contributed by atoms with Crippen LogP contribution in [0.3, 0.4) is 0 Å². The van der Waals surface area contributed by atoms with E-state index in [1.807, 2.05) is 13.0 Å². The number of methoxy groups -OCH3 is 1. The monoisotopic (exact) mass is 208 g/mol. The van der Waals surface area contributed by atoms with Crippen LogP contribution in [-0.2, 0) is 4.74 Å². The fraction of sp³-hybridized carbons (Fsp3) is 0.364. The summed E-state index contributed by atoms with van der Waals surface area (Å²) in [6, 6.07) is 5.39. The lowest BCUT2D eigenvalue weighted by Crippen LogP contribution is -2.27. The summed E-state index contributed by atoms with van der Waals surface area (Å²) in [7, 11) is 1.59. The zero-order chi connectivity index (χ0) is 11.3. The maximum Gasteiger partial charge on any atom is 0.253 e. The molecule has 0 aliphatic heterocycles. The molecule has 0 fully saturated rings. The van der Waals surface area contributed by atoms with Crippen LogP contribution < -0.4 is 11.1 Å². The zero-order valence-electron chi connectivity index (χ0n) is 9.04. The van der Waals surface area contributed by atoms with Crippen molar-refractivity contribution in [3.63, 3.8) is 0 Å². The zero-order valence-corrected chi connectivity index (χ0v) is 9.04. The van der Waals surface area contributed by atoms with Gasteiger partial charge in [-0.15, -0.1) is 0 Å². The first-order valence-corrected chi connectivity index (χ1v) is 4.78. The minimum Gasteiger partial charge on any atom is -0.398 e. The second-order valence-corrected chi connectivity index (χ2v) is 3.34. The van der Waals surface area contributed by atoms with Gasteiger partial charge in [-0.1, -0.05) is 11.6 Å². The van der Waals surface area contributed by atoms with E-state index in [1.165, 1.54) is 0 Å². The van der Waals surface area contributed by atoms with Crippen LogP contribution in [0.5, 0.6) is 0 Å². The Balaban J connectivity index is 2.68. The van der Waals surface area contributed by atoms with Crippen molar-refractivity contribution >= 4 is 11.6 Å². The lowest BCUT2D eigenvalue weighted by molar-refractivity contribution is 0.0938. The summed E-state index contributed by atoms with van der Waals surface area (Å²) in [6.45, 7) is 2.91. The number of carbonyl (C=O) groups is 1. The molecule has 0 saturated carbocycles. The molecule has 3 N–H and O–H groups in total. The maximum absolute atomic E-state index is 11.6. The summed E-state index contributed by atoms with van der Waals surface area (Å²) in [5, 5.41) is 2.72. The maximum atomic E-state index is 11.6. The molecule has 0 aromatic heterocycles. The summed E-state index contributed by atoms with van der Waals surface area (Å²) < 4.78 is 4.84. The normalized spacial score (nSPS) is 10.0. The molecule has 0 spiro atoms. The molecule has 1 aromatic carbocycles. The van der Waals surface area contributed by atoms with E-state index >= 15 is 0 Å². The van der Waals surface area contributed by atoms with Gasteiger partial charge in [0.15, 0.2) is 0 Å². The number of hydrogen-bond acceptors (Lipinski definition) is 3. The van der Waals surface area contributed by atoms with Crippen molar-refractivity contribution in [2.45, 2.75) is 6.92 Å². The van der Waals surface area contributed by atoms with Crippen molar-refractivity contribution in [3.8, 4) is 0 Å². The molecule has 0 radical (unpaired) electrons. The molecule has 4 nitrogen and oxygen atoms in total. The molecule has 0 bridgehead atoms. The van der Waals surface area contributed by atoms with Crippen LogP contribution in [-0.4, -0.2) is 26.2 Å². The third kappa shape index (κ3) is 3.25. The van der Waals surface area contributed by atoms with Crippen LogP contribution in [0.4, 0.5) is 5.69 Å². The van der Waals surface area contributed by atoms with Crippen molar-refractivity contribution < 1.29 is 9.53 Å². The molecular weight excluding hydrogens is 192 g/mol. The molecule has 15 heavy (non-hydrogen) atoms. The van der Waals surface area contributed by atoms with Crippen molar-refractivity contribution in [3.05, 3.63) is 29.3 Å². The van der Waals surface area contributed by atoms with E-state index in [0.29, 0.717) is 24.4 Å². The largest absolute Gasteiger partial charge is 0.398 e. The van der Waals surface area contributed by atoms with Crippen molar-refractivity contribution in [2.75, 3.05) is 26.0 Å². The number of amides is 1. The molecule has 4 heteroatoms. The average Bonchev–Trinajstić information content (AvgIpc) is 2.22. The first kappa shape index (κ1) is 11.5. The van der Waals surface area contributed by atoms with Crippen molar-refractivity contribution in [2.24, 2.45) is 0 Å². The first-order valence-electron chi connectivity index (χ1n) is 4.78. The smallest absolute Gasteiger partial charge is 0.253 e. The Labute approximate surface area is 89.4 Å². The first-order chi connectivity index (χ1) is 7.15. The second-order valence-electron chi connectivity index (χ2n) is 3.34. The number of rotatable bonds is 4. The summed E-state index contributed by atoms with van der Waals surface area (Å²) in [4.78, 5) is 11.6. The van der Waals surface area contributed by atoms with Gasteiger partial charge in [0.1, 0.15) is 0 Å². The van der Waals surface area contributed by atoms with Gasteiger partial charge in [-0.2, -0.15) is 0 Å². The number of hydrogen-bond donors (Lipinski definition) is 2. The van der Waals surface area contributed by atoms with E-state index in [9.17, 15) is 4.79 Å². The number of carbonyl (C=O) groups excluding carboxylic acids is 1. The predicted octanol–water partition coefficient (Wildman–Crippen LogP) is 0.953. The SMILES string of the molecule is COCCNC(=O)c1cc(C)ccc1N. The average molecular weight is 208 g/mol. The third-order valence-corrected chi connectivity index (χ3v) is 2.05. The highest BCUT2D eigenvalue weighted by atomic mass is 16.5. The Kier molecular flexibility index (Phi) is 4.12. The summed E-state index contributed by atoms with van der Waals surface area (Å²) >= 11 is 0. The van der Waals surface area contributed by atoms with E-state index in [1.54, 1.807) is 19.2 Å². The van der Waals surface area contributed by atoms with Crippen LogP contribution in [0.15, 0.2) is 18.2 Å². The van der Waals surface area contributed by atoms with Gasteiger partial charge < -0.3 is 15.8 Å². The highest BCUT2D eigenvalue weighted by Gasteiger charge is 2.08. The third-order valence-electron chi connectivity index (χ3n) is 2.05. The lowest BCUT2D eigenvalue weighted by atomic mass is 10.1. The fourth-order valence-electron chi connectivity index (χ4n) is 1.23. The molecule has 1 amide bonds. The standard InChI is InChI=1S/C11H16N2O2/c1-8-3-4-10(12)9(7-8)11(14)13-5-6-15-2/h3-4,7H,5-6,12H2,1-2H3,(H,13,14). The topological polar surface area (TPSA) is 64.3 Å². The van der Waals surface area contributed by atoms with Crippen LogP contribution >= 0.6 is 0 Å². The van der Waals surface area contributed by atoms with Gasteiger partial charge in [0.05, 0.1) is 12.2 Å². The van der Waals surface area contributed by atoms with Gasteiger partial charge in [-0.05, 0) is 19.1 Å². The molecule has 0 aliphatic rings. The Morgan fingerprint density at radius 1 is 1.53 bits per heavy atom. The highest BCUT2D eigenvalue weighted by Crippen LogP contribution is 2.13. The van der Waals surface area contributed by atoms with Crippen LogP contribution in [0, 0.1) is 6.92 Å². The molecule has 0 unspecified atom stereocenters.